The number of anilines is 1. The largest absolute Gasteiger partial charge is 0.496 e. The molecule has 1 aromatic rings. The molecule has 1 aliphatic rings. The van der Waals surface area contributed by atoms with Gasteiger partial charge in [0.1, 0.15) is 17.0 Å². The summed E-state index contributed by atoms with van der Waals surface area (Å²) in [4.78, 5) is 21.7. The fourth-order valence-corrected chi connectivity index (χ4v) is 2.08. The van der Waals surface area contributed by atoms with Crippen LogP contribution in [0.5, 0.6) is 5.75 Å². The SMILES string of the molecule is COc1ccc(NC2(C(=O)O)CCC2)c([N+](=O)[O-])c1. The van der Waals surface area contributed by atoms with Crippen LogP contribution in [0, 0.1) is 10.1 Å². The molecule has 1 fully saturated rings. The van der Waals surface area contributed by atoms with Gasteiger partial charge in [0, 0.05) is 0 Å². The van der Waals surface area contributed by atoms with Gasteiger partial charge < -0.3 is 15.2 Å². The van der Waals surface area contributed by atoms with Crippen molar-refractivity contribution in [3.8, 4) is 5.75 Å². The number of carboxylic acid groups (broad SMARTS) is 1. The lowest BCUT2D eigenvalue weighted by atomic mass is 9.76. The molecule has 1 saturated carbocycles. The van der Waals surface area contributed by atoms with E-state index in [1.165, 1.54) is 19.2 Å². The minimum atomic E-state index is -1.08. The molecular weight excluding hydrogens is 252 g/mol. The zero-order valence-corrected chi connectivity index (χ0v) is 10.4. The first-order valence-corrected chi connectivity index (χ1v) is 5.82. The Bertz CT molecular complexity index is 525. The second-order valence-electron chi connectivity index (χ2n) is 4.51. The molecule has 7 heteroatoms. The highest BCUT2D eigenvalue weighted by Gasteiger charge is 2.45. The number of nitrogens with one attached hydrogen (secondary N) is 1. The van der Waals surface area contributed by atoms with E-state index in [1.807, 2.05) is 0 Å². The number of nitrogens with zero attached hydrogens (tertiary/aromatic N) is 1. The zero-order valence-electron chi connectivity index (χ0n) is 10.4. The van der Waals surface area contributed by atoms with E-state index in [0.717, 1.165) is 6.42 Å². The van der Waals surface area contributed by atoms with Crippen LogP contribution in [0.3, 0.4) is 0 Å². The first-order valence-electron chi connectivity index (χ1n) is 5.82. The lowest BCUT2D eigenvalue weighted by molar-refractivity contribution is -0.384. The summed E-state index contributed by atoms with van der Waals surface area (Å²) in [6, 6.07) is 4.31. The van der Waals surface area contributed by atoms with Crippen LogP contribution in [0.1, 0.15) is 19.3 Å². The Morgan fingerprint density at radius 1 is 1.53 bits per heavy atom. The van der Waals surface area contributed by atoms with E-state index in [-0.39, 0.29) is 11.4 Å². The Balaban J connectivity index is 2.34. The van der Waals surface area contributed by atoms with Gasteiger partial charge in [0.2, 0.25) is 0 Å². The molecular formula is C12H14N2O5. The van der Waals surface area contributed by atoms with Gasteiger partial charge in [0.25, 0.3) is 5.69 Å². The van der Waals surface area contributed by atoms with E-state index in [9.17, 15) is 20.0 Å². The van der Waals surface area contributed by atoms with Gasteiger partial charge in [0.15, 0.2) is 0 Å². The molecule has 2 rings (SSSR count). The average molecular weight is 266 g/mol. The lowest BCUT2D eigenvalue weighted by Crippen LogP contribution is -2.52. The Kier molecular flexibility index (Phi) is 3.28. The molecule has 19 heavy (non-hydrogen) atoms. The predicted molar refractivity (Wildman–Crippen MR) is 67.5 cm³/mol. The van der Waals surface area contributed by atoms with Crippen LogP contribution in [0.2, 0.25) is 0 Å². The third kappa shape index (κ3) is 2.31. The predicted octanol–water partition coefficient (Wildman–Crippen LogP) is 2.02. The fourth-order valence-electron chi connectivity index (χ4n) is 2.08. The maximum absolute atomic E-state index is 11.3. The summed E-state index contributed by atoms with van der Waals surface area (Å²) in [6.07, 6.45) is 1.72. The molecule has 0 amide bonds. The standard InChI is InChI=1S/C12H14N2O5/c1-19-8-3-4-9(10(7-8)14(17)18)13-12(11(15)16)5-2-6-12/h3-4,7,13H,2,5-6H2,1H3,(H,15,16). The summed E-state index contributed by atoms with van der Waals surface area (Å²) >= 11 is 0. The van der Waals surface area contributed by atoms with Gasteiger partial charge in [-0.2, -0.15) is 0 Å². The normalized spacial score (nSPS) is 16.3. The third-order valence-corrected chi connectivity index (χ3v) is 3.39. The summed E-state index contributed by atoms with van der Waals surface area (Å²) in [5, 5.41) is 23.0. The Morgan fingerprint density at radius 2 is 2.21 bits per heavy atom. The molecule has 0 bridgehead atoms. The van der Waals surface area contributed by atoms with Crippen molar-refractivity contribution >= 4 is 17.3 Å². The first kappa shape index (κ1) is 13.1. The van der Waals surface area contributed by atoms with E-state index in [4.69, 9.17) is 4.74 Å². The number of aliphatic carboxylic acids is 1. The van der Waals surface area contributed by atoms with E-state index in [0.29, 0.717) is 18.6 Å². The van der Waals surface area contributed by atoms with Crippen molar-refractivity contribution in [1.82, 2.24) is 0 Å². The molecule has 7 nitrogen and oxygen atoms in total. The quantitative estimate of drug-likeness (QED) is 0.624. The van der Waals surface area contributed by atoms with E-state index in [2.05, 4.69) is 5.32 Å². The second-order valence-corrected chi connectivity index (χ2v) is 4.51. The van der Waals surface area contributed by atoms with Crippen LogP contribution in [0.15, 0.2) is 18.2 Å². The second kappa shape index (κ2) is 4.75. The Labute approximate surface area is 109 Å². The van der Waals surface area contributed by atoms with Gasteiger partial charge in [-0.15, -0.1) is 0 Å². The number of hydrogen-bond acceptors (Lipinski definition) is 5. The summed E-state index contributed by atoms with van der Waals surface area (Å²) in [5.41, 5.74) is -1.07. The van der Waals surface area contributed by atoms with Crippen LogP contribution in [0.25, 0.3) is 0 Å². The highest BCUT2D eigenvalue weighted by atomic mass is 16.6. The summed E-state index contributed by atoms with van der Waals surface area (Å²) in [6.45, 7) is 0. The maximum atomic E-state index is 11.3. The van der Waals surface area contributed by atoms with Crippen LogP contribution in [-0.4, -0.2) is 28.6 Å². The van der Waals surface area contributed by atoms with Crippen molar-refractivity contribution in [1.29, 1.82) is 0 Å². The summed E-state index contributed by atoms with van der Waals surface area (Å²) < 4.78 is 4.93. The zero-order chi connectivity index (χ0) is 14.0. The number of nitro groups is 1. The van der Waals surface area contributed by atoms with Crippen LogP contribution < -0.4 is 10.1 Å². The molecule has 0 aromatic heterocycles. The topological polar surface area (TPSA) is 102 Å². The number of carbonyl (C=O) groups is 1. The molecule has 0 heterocycles. The number of hydrogen-bond donors (Lipinski definition) is 2. The summed E-state index contributed by atoms with van der Waals surface area (Å²) in [7, 11) is 1.41. The highest BCUT2D eigenvalue weighted by Crippen LogP contribution is 2.39. The van der Waals surface area contributed by atoms with E-state index < -0.39 is 16.4 Å². The van der Waals surface area contributed by atoms with Gasteiger partial charge in [-0.1, -0.05) is 0 Å². The number of ether oxygens (including phenoxy) is 1. The number of nitro benzene ring substituents is 1. The average Bonchev–Trinajstić information content (AvgIpc) is 2.33. The maximum Gasteiger partial charge on any atom is 0.329 e. The van der Waals surface area contributed by atoms with Crippen LogP contribution >= 0.6 is 0 Å². The fraction of sp³-hybridized carbons (Fsp3) is 0.417. The Morgan fingerprint density at radius 3 is 2.63 bits per heavy atom. The molecule has 0 saturated heterocycles. The number of methoxy groups -OCH3 is 1. The van der Waals surface area contributed by atoms with Crippen molar-refractivity contribution in [2.75, 3.05) is 12.4 Å². The molecule has 0 spiro atoms. The minimum absolute atomic E-state index is 0.188. The molecule has 0 unspecified atom stereocenters. The Hall–Kier alpha value is -2.31. The smallest absolute Gasteiger partial charge is 0.329 e. The van der Waals surface area contributed by atoms with Crippen molar-refractivity contribution < 1.29 is 19.6 Å². The van der Waals surface area contributed by atoms with Gasteiger partial charge in [-0.05, 0) is 31.4 Å². The molecule has 0 aliphatic heterocycles. The third-order valence-electron chi connectivity index (χ3n) is 3.39. The molecule has 0 atom stereocenters. The molecule has 102 valence electrons. The van der Waals surface area contributed by atoms with Gasteiger partial charge in [-0.3, -0.25) is 10.1 Å². The molecule has 1 aliphatic carbocycles. The first-order chi connectivity index (χ1) is 8.98. The van der Waals surface area contributed by atoms with Gasteiger partial charge >= 0.3 is 5.97 Å². The molecule has 0 radical (unpaired) electrons. The monoisotopic (exact) mass is 266 g/mol. The molecule has 2 N–H and O–H groups in total. The van der Waals surface area contributed by atoms with Gasteiger partial charge in [0.05, 0.1) is 18.1 Å². The van der Waals surface area contributed by atoms with Crippen molar-refractivity contribution in [2.45, 2.75) is 24.8 Å². The van der Waals surface area contributed by atoms with Crippen molar-refractivity contribution in [2.24, 2.45) is 0 Å². The van der Waals surface area contributed by atoms with Crippen molar-refractivity contribution in [3.63, 3.8) is 0 Å². The van der Waals surface area contributed by atoms with Crippen molar-refractivity contribution in [3.05, 3.63) is 28.3 Å². The lowest BCUT2D eigenvalue weighted by Gasteiger charge is -2.38. The number of rotatable bonds is 5. The van der Waals surface area contributed by atoms with E-state index >= 15 is 0 Å². The van der Waals surface area contributed by atoms with Gasteiger partial charge in [-0.25, -0.2) is 4.79 Å². The van der Waals surface area contributed by atoms with Crippen LogP contribution in [-0.2, 0) is 4.79 Å². The minimum Gasteiger partial charge on any atom is -0.496 e. The van der Waals surface area contributed by atoms with Crippen LogP contribution in [0.4, 0.5) is 11.4 Å². The van der Waals surface area contributed by atoms with E-state index in [1.54, 1.807) is 6.07 Å². The molecule has 1 aromatic carbocycles. The highest BCUT2D eigenvalue weighted by molar-refractivity contribution is 5.85. The number of carboxylic acids is 1. The number of benzene rings is 1. The summed E-state index contributed by atoms with van der Waals surface area (Å²) in [5.74, 6) is -0.626.